The van der Waals surface area contributed by atoms with Crippen molar-refractivity contribution in [2.24, 2.45) is 0 Å². The summed E-state index contributed by atoms with van der Waals surface area (Å²) in [7, 11) is 0. The largest absolute Gasteiger partial charge is 0.374 e. The van der Waals surface area contributed by atoms with Gasteiger partial charge in [0.05, 0.1) is 6.10 Å². The van der Waals surface area contributed by atoms with Crippen molar-refractivity contribution in [1.82, 2.24) is 0 Å². The van der Waals surface area contributed by atoms with E-state index in [0.717, 1.165) is 13.0 Å². The number of ether oxygens (including phenoxy) is 1. The van der Waals surface area contributed by atoms with E-state index in [1.807, 2.05) is 13.0 Å². The minimum absolute atomic E-state index is 0.333. The summed E-state index contributed by atoms with van der Waals surface area (Å²) in [5.41, 5.74) is 0. The first-order valence-corrected chi connectivity index (χ1v) is 3.38. The highest BCUT2D eigenvalue weighted by atomic mass is 16.5. The van der Waals surface area contributed by atoms with Gasteiger partial charge in [-0.3, -0.25) is 0 Å². The molecule has 50 valence electrons. The van der Waals surface area contributed by atoms with Crippen molar-refractivity contribution in [1.29, 1.82) is 0 Å². The predicted molar refractivity (Wildman–Crippen MR) is 38.3 cm³/mol. The van der Waals surface area contributed by atoms with Gasteiger partial charge in [-0.25, -0.2) is 0 Å². The van der Waals surface area contributed by atoms with Crippen LogP contribution in [-0.4, -0.2) is 12.7 Å². The molecule has 0 aliphatic heterocycles. The van der Waals surface area contributed by atoms with E-state index in [9.17, 15) is 0 Å². The van der Waals surface area contributed by atoms with E-state index in [2.05, 4.69) is 18.2 Å². The molecule has 1 aliphatic carbocycles. The van der Waals surface area contributed by atoms with Crippen LogP contribution >= 0.6 is 0 Å². The molecule has 0 saturated carbocycles. The summed E-state index contributed by atoms with van der Waals surface area (Å²) in [5, 5.41) is 0. The molecular formula is C8H12O. The first kappa shape index (κ1) is 6.56. The molecule has 1 aliphatic rings. The van der Waals surface area contributed by atoms with Crippen LogP contribution in [0, 0.1) is 0 Å². The lowest BCUT2D eigenvalue weighted by Gasteiger charge is -2.11. The van der Waals surface area contributed by atoms with Gasteiger partial charge in [-0.05, 0) is 13.3 Å². The molecule has 9 heavy (non-hydrogen) atoms. The number of allylic oxidation sites excluding steroid dienone is 2. The maximum Gasteiger partial charge on any atom is 0.0793 e. The third kappa shape index (κ3) is 2.02. The zero-order valence-corrected chi connectivity index (χ0v) is 5.71. The summed E-state index contributed by atoms with van der Waals surface area (Å²) in [6, 6.07) is 0. The van der Waals surface area contributed by atoms with E-state index in [1.165, 1.54) is 0 Å². The first-order valence-electron chi connectivity index (χ1n) is 3.38. The van der Waals surface area contributed by atoms with E-state index >= 15 is 0 Å². The van der Waals surface area contributed by atoms with E-state index in [1.54, 1.807) is 0 Å². The molecule has 0 amide bonds. The summed E-state index contributed by atoms with van der Waals surface area (Å²) >= 11 is 0. The van der Waals surface area contributed by atoms with Crippen molar-refractivity contribution in [2.45, 2.75) is 19.4 Å². The molecule has 0 N–H and O–H groups in total. The van der Waals surface area contributed by atoms with E-state index in [-0.39, 0.29) is 0 Å². The Hall–Kier alpha value is -0.560. The van der Waals surface area contributed by atoms with Crippen LogP contribution < -0.4 is 0 Å². The second kappa shape index (κ2) is 3.46. The van der Waals surface area contributed by atoms with Gasteiger partial charge in [0.15, 0.2) is 0 Å². The van der Waals surface area contributed by atoms with Gasteiger partial charge in [-0.1, -0.05) is 24.3 Å². The standard InChI is InChI=1S/C8H12O/c1-2-9-8-6-4-3-5-7-8/h3-6,8H,2,7H2,1H3. The smallest absolute Gasteiger partial charge is 0.0793 e. The molecule has 0 bridgehead atoms. The molecule has 0 heterocycles. The van der Waals surface area contributed by atoms with Gasteiger partial charge in [-0.2, -0.15) is 0 Å². The fourth-order valence-electron chi connectivity index (χ4n) is 0.896. The van der Waals surface area contributed by atoms with Gasteiger partial charge < -0.3 is 4.74 Å². The SMILES string of the molecule is CCOC1C=CC=CC1. The summed E-state index contributed by atoms with van der Waals surface area (Å²) in [6.07, 6.45) is 9.66. The lowest BCUT2D eigenvalue weighted by atomic mass is 10.1. The molecule has 0 radical (unpaired) electrons. The quantitative estimate of drug-likeness (QED) is 0.546. The van der Waals surface area contributed by atoms with Crippen molar-refractivity contribution in [3.63, 3.8) is 0 Å². The second-order valence-corrected chi connectivity index (χ2v) is 2.04. The summed E-state index contributed by atoms with van der Waals surface area (Å²) in [5.74, 6) is 0. The third-order valence-electron chi connectivity index (χ3n) is 1.32. The zero-order chi connectivity index (χ0) is 6.53. The molecular weight excluding hydrogens is 112 g/mol. The number of rotatable bonds is 2. The Morgan fingerprint density at radius 1 is 1.56 bits per heavy atom. The van der Waals surface area contributed by atoms with Gasteiger partial charge in [0.2, 0.25) is 0 Å². The minimum atomic E-state index is 0.333. The van der Waals surface area contributed by atoms with Crippen LogP contribution in [0.4, 0.5) is 0 Å². The van der Waals surface area contributed by atoms with Crippen LogP contribution in [0.1, 0.15) is 13.3 Å². The molecule has 1 unspecified atom stereocenters. The van der Waals surface area contributed by atoms with Crippen LogP contribution in [0.15, 0.2) is 24.3 Å². The van der Waals surface area contributed by atoms with Crippen molar-refractivity contribution in [3.8, 4) is 0 Å². The van der Waals surface area contributed by atoms with Crippen LogP contribution in [-0.2, 0) is 4.74 Å². The van der Waals surface area contributed by atoms with Crippen LogP contribution in [0.5, 0.6) is 0 Å². The lowest BCUT2D eigenvalue weighted by Crippen LogP contribution is -2.09. The fourth-order valence-corrected chi connectivity index (χ4v) is 0.896. The fraction of sp³-hybridized carbons (Fsp3) is 0.500. The van der Waals surface area contributed by atoms with Crippen molar-refractivity contribution >= 4 is 0 Å². The van der Waals surface area contributed by atoms with Crippen LogP contribution in [0.2, 0.25) is 0 Å². The van der Waals surface area contributed by atoms with Crippen LogP contribution in [0.3, 0.4) is 0 Å². The zero-order valence-electron chi connectivity index (χ0n) is 5.71. The average molecular weight is 124 g/mol. The Balaban J connectivity index is 2.28. The van der Waals surface area contributed by atoms with Crippen molar-refractivity contribution < 1.29 is 4.74 Å². The lowest BCUT2D eigenvalue weighted by molar-refractivity contribution is 0.0978. The highest BCUT2D eigenvalue weighted by Gasteiger charge is 2.01. The highest BCUT2D eigenvalue weighted by Crippen LogP contribution is 2.06. The second-order valence-electron chi connectivity index (χ2n) is 2.04. The predicted octanol–water partition coefficient (Wildman–Crippen LogP) is 1.91. The molecule has 0 aromatic heterocycles. The maximum atomic E-state index is 5.34. The first-order chi connectivity index (χ1) is 4.43. The highest BCUT2D eigenvalue weighted by molar-refractivity contribution is 5.11. The Bertz CT molecular complexity index is 125. The molecule has 1 nitrogen and oxygen atoms in total. The molecule has 1 rings (SSSR count). The Kier molecular flexibility index (Phi) is 2.52. The molecule has 0 saturated heterocycles. The normalized spacial score (nSPS) is 24.8. The summed E-state index contributed by atoms with van der Waals surface area (Å²) < 4.78 is 5.34. The number of hydrogen-bond donors (Lipinski definition) is 0. The molecule has 0 aromatic carbocycles. The summed E-state index contributed by atoms with van der Waals surface area (Å²) in [6.45, 7) is 2.83. The molecule has 1 heteroatoms. The molecule has 0 spiro atoms. The van der Waals surface area contributed by atoms with Gasteiger partial charge in [0.25, 0.3) is 0 Å². The minimum Gasteiger partial charge on any atom is -0.374 e. The van der Waals surface area contributed by atoms with Crippen LogP contribution in [0.25, 0.3) is 0 Å². The van der Waals surface area contributed by atoms with E-state index in [0.29, 0.717) is 6.10 Å². The van der Waals surface area contributed by atoms with Crippen molar-refractivity contribution in [2.75, 3.05) is 6.61 Å². The maximum absolute atomic E-state index is 5.34. The number of hydrogen-bond acceptors (Lipinski definition) is 1. The molecule has 0 aromatic rings. The topological polar surface area (TPSA) is 9.23 Å². The average Bonchev–Trinajstić information content (AvgIpc) is 1.91. The Morgan fingerprint density at radius 3 is 3.00 bits per heavy atom. The summed E-state index contributed by atoms with van der Waals surface area (Å²) in [4.78, 5) is 0. The molecule has 1 atom stereocenters. The van der Waals surface area contributed by atoms with E-state index in [4.69, 9.17) is 4.74 Å². The monoisotopic (exact) mass is 124 g/mol. The van der Waals surface area contributed by atoms with Gasteiger partial charge in [-0.15, -0.1) is 0 Å². The van der Waals surface area contributed by atoms with Gasteiger partial charge in [0.1, 0.15) is 0 Å². The molecule has 0 fully saturated rings. The third-order valence-corrected chi connectivity index (χ3v) is 1.32. The van der Waals surface area contributed by atoms with Gasteiger partial charge >= 0.3 is 0 Å². The van der Waals surface area contributed by atoms with Crippen molar-refractivity contribution in [3.05, 3.63) is 24.3 Å². The Morgan fingerprint density at radius 2 is 2.44 bits per heavy atom. The van der Waals surface area contributed by atoms with Gasteiger partial charge in [0, 0.05) is 6.61 Å². The Labute approximate surface area is 56.0 Å². The van der Waals surface area contributed by atoms with E-state index < -0.39 is 0 Å².